The minimum Gasteiger partial charge on any atom is -0.481 e. The summed E-state index contributed by atoms with van der Waals surface area (Å²) in [5.41, 5.74) is 0. The molecule has 0 bridgehead atoms. The molecular weight excluding hydrogens is 256 g/mol. The lowest BCUT2D eigenvalue weighted by molar-refractivity contribution is -0.138. The molecule has 0 aromatic carbocycles. The normalized spacial score (nSPS) is 24.8. The number of amides is 2. The highest BCUT2D eigenvalue weighted by atomic mass is 16.4. The van der Waals surface area contributed by atoms with Crippen molar-refractivity contribution in [1.29, 1.82) is 0 Å². The SMILES string of the molecule is CCC1CCN(C(=O)N2CCCC(CC(=O)O)C2)CC1. The van der Waals surface area contributed by atoms with Gasteiger partial charge in [-0.15, -0.1) is 0 Å². The number of carbonyl (C=O) groups is 2. The van der Waals surface area contributed by atoms with Gasteiger partial charge >= 0.3 is 12.0 Å². The average Bonchev–Trinajstić information content (AvgIpc) is 2.46. The summed E-state index contributed by atoms with van der Waals surface area (Å²) in [6.45, 7) is 5.32. The zero-order valence-electron chi connectivity index (χ0n) is 12.4. The van der Waals surface area contributed by atoms with Gasteiger partial charge in [0, 0.05) is 32.6 Å². The van der Waals surface area contributed by atoms with Crippen molar-refractivity contribution in [2.75, 3.05) is 26.2 Å². The molecule has 1 N–H and O–H groups in total. The lowest BCUT2D eigenvalue weighted by atomic mass is 9.93. The molecular formula is C15H26N2O3. The van der Waals surface area contributed by atoms with Gasteiger partial charge in [0.25, 0.3) is 0 Å². The van der Waals surface area contributed by atoms with E-state index in [2.05, 4.69) is 6.92 Å². The summed E-state index contributed by atoms with van der Waals surface area (Å²) in [6.07, 6.45) is 5.44. The molecule has 0 aliphatic carbocycles. The molecule has 2 saturated heterocycles. The van der Waals surface area contributed by atoms with Gasteiger partial charge in [-0.25, -0.2) is 4.79 Å². The van der Waals surface area contributed by atoms with Crippen molar-refractivity contribution in [3.63, 3.8) is 0 Å². The van der Waals surface area contributed by atoms with Crippen LogP contribution in [-0.4, -0.2) is 53.1 Å². The van der Waals surface area contributed by atoms with Crippen LogP contribution in [0.1, 0.15) is 45.4 Å². The van der Waals surface area contributed by atoms with E-state index in [1.165, 1.54) is 6.42 Å². The molecule has 0 aromatic heterocycles. The first-order valence-corrected chi connectivity index (χ1v) is 7.85. The van der Waals surface area contributed by atoms with Gasteiger partial charge < -0.3 is 14.9 Å². The number of hydrogen-bond acceptors (Lipinski definition) is 2. The van der Waals surface area contributed by atoms with Gasteiger partial charge in [-0.05, 0) is 37.5 Å². The van der Waals surface area contributed by atoms with Crippen molar-refractivity contribution in [2.45, 2.75) is 45.4 Å². The van der Waals surface area contributed by atoms with E-state index in [9.17, 15) is 9.59 Å². The fraction of sp³-hybridized carbons (Fsp3) is 0.867. The maximum Gasteiger partial charge on any atom is 0.320 e. The molecule has 0 radical (unpaired) electrons. The summed E-state index contributed by atoms with van der Waals surface area (Å²) in [4.78, 5) is 27.1. The first kappa shape index (κ1) is 15.1. The van der Waals surface area contributed by atoms with Crippen LogP contribution in [0, 0.1) is 11.8 Å². The van der Waals surface area contributed by atoms with E-state index in [4.69, 9.17) is 5.11 Å². The van der Waals surface area contributed by atoms with E-state index >= 15 is 0 Å². The van der Waals surface area contributed by atoms with Crippen LogP contribution < -0.4 is 0 Å². The number of hydrogen-bond donors (Lipinski definition) is 1. The molecule has 114 valence electrons. The van der Waals surface area contributed by atoms with Crippen LogP contribution in [0.25, 0.3) is 0 Å². The van der Waals surface area contributed by atoms with Crippen LogP contribution in [-0.2, 0) is 4.79 Å². The second kappa shape index (κ2) is 6.95. The third kappa shape index (κ3) is 3.87. The monoisotopic (exact) mass is 282 g/mol. The van der Waals surface area contributed by atoms with E-state index in [0.717, 1.165) is 51.2 Å². The molecule has 2 rings (SSSR count). The summed E-state index contributed by atoms with van der Waals surface area (Å²) in [5.74, 6) is 0.131. The Bertz CT molecular complexity index is 351. The lowest BCUT2D eigenvalue weighted by Crippen LogP contribution is -2.50. The van der Waals surface area contributed by atoms with Crippen molar-refractivity contribution in [1.82, 2.24) is 9.80 Å². The van der Waals surface area contributed by atoms with Crippen molar-refractivity contribution < 1.29 is 14.7 Å². The molecule has 2 heterocycles. The number of aliphatic carboxylic acids is 1. The van der Waals surface area contributed by atoms with Gasteiger partial charge in [-0.2, -0.15) is 0 Å². The number of carboxylic acid groups (broad SMARTS) is 1. The smallest absolute Gasteiger partial charge is 0.320 e. The highest BCUT2D eigenvalue weighted by Gasteiger charge is 2.30. The van der Waals surface area contributed by atoms with E-state index in [1.54, 1.807) is 0 Å². The van der Waals surface area contributed by atoms with Crippen LogP contribution in [0.3, 0.4) is 0 Å². The Balaban J connectivity index is 1.84. The summed E-state index contributed by atoms with van der Waals surface area (Å²) >= 11 is 0. The minimum atomic E-state index is -0.756. The molecule has 2 aliphatic heterocycles. The number of urea groups is 1. The first-order valence-electron chi connectivity index (χ1n) is 7.85. The number of carboxylic acids is 1. The standard InChI is InChI=1S/C15H26N2O3/c1-2-12-5-8-16(9-6-12)15(20)17-7-3-4-13(11-17)10-14(18)19/h12-13H,2-11H2,1H3,(H,18,19). The Morgan fingerprint density at radius 2 is 1.75 bits per heavy atom. The number of carbonyl (C=O) groups excluding carboxylic acids is 1. The third-order valence-corrected chi connectivity index (χ3v) is 4.72. The summed E-state index contributed by atoms with van der Waals surface area (Å²) in [6, 6.07) is 0.120. The van der Waals surface area contributed by atoms with Gasteiger partial charge in [0.1, 0.15) is 0 Å². The van der Waals surface area contributed by atoms with E-state index in [0.29, 0.717) is 6.54 Å². The Labute approximate surface area is 120 Å². The Morgan fingerprint density at radius 1 is 1.05 bits per heavy atom. The molecule has 2 amide bonds. The minimum absolute atomic E-state index is 0.120. The maximum atomic E-state index is 12.5. The number of rotatable bonds is 3. The molecule has 0 spiro atoms. The predicted molar refractivity (Wildman–Crippen MR) is 76.5 cm³/mol. The number of nitrogens with zero attached hydrogens (tertiary/aromatic N) is 2. The number of likely N-dealkylation sites (tertiary alicyclic amines) is 2. The zero-order valence-corrected chi connectivity index (χ0v) is 12.4. The Kier molecular flexibility index (Phi) is 5.26. The Hall–Kier alpha value is -1.26. The summed E-state index contributed by atoms with van der Waals surface area (Å²) < 4.78 is 0. The van der Waals surface area contributed by atoms with Gasteiger partial charge in [0.15, 0.2) is 0 Å². The number of piperidine rings is 2. The van der Waals surface area contributed by atoms with Crippen molar-refractivity contribution in [3.8, 4) is 0 Å². The van der Waals surface area contributed by atoms with Gasteiger partial charge in [-0.1, -0.05) is 13.3 Å². The summed E-state index contributed by atoms with van der Waals surface area (Å²) in [5, 5.41) is 8.88. The fourth-order valence-electron chi connectivity index (χ4n) is 3.38. The topological polar surface area (TPSA) is 60.9 Å². The fourth-order valence-corrected chi connectivity index (χ4v) is 3.38. The van der Waals surface area contributed by atoms with Gasteiger partial charge in [0.2, 0.25) is 0 Å². The predicted octanol–water partition coefficient (Wildman–Crippen LogP) is 2.42. The van der Waals surface area contributed by atoms with E-state index in [1.807, 2.05) is 9.80 Å². The molecule has 0 aromatic rings. The molecule has 2 aliphatic rings. The molecule has 5 heteroatoms. The van der Waals surface area contributed by atoms with Crippen LogP contribution in [0.4, 0.5) is 4.79 Å². The molecule has 0 saturated carbocycles. The van der Waals surface area contributed by atoms with Crippen LogP contribution in [0.2, 0.25) is 0 Å². The maximum absolute atomic E-state index is 12.5. The van der Waals surface area contributed by atoms with Crippen LogP contribution in [0.15, 0.2) is 0 Å². The average molecular weight is 282 g/mol. The van der Waals surface area contributed by atoms with Crippen molar-refractivity contribution in [3.05, 3.63) is 0 Å². The Morgan fingerprint density at radius 3 is 2.35 bits per heavy atom. The summed E-state index contributed by atoms with van der Waals surface area (Å²) in [7, 11) is 0. The highest BCUT2D eigenvalue weighted by Crippen LogP contribution is 2.24. The van der Waals surface area contributed by atoms with Crippen molar-refractivity contribution >= 4 is 12.0 Å². The second-order valence-electron chi connectivity index (χ2n) is 6.17. The van der Waals surface area contributed by atoms with Crippen molar-refractivity contribution in [2.24, 2.45) is 11.8 Å². The van der Waals surface area contributed by atoms with Crippen LogP contribution >= 0.6 is 0 Å². The van der Waals surface area contributed by atoms with E-state index < -0.39 is 5.97 Å². The molecule has 20 heavy (non-hydrogen) atoms. The quantitative estimate of drug-likeness (QED) is 0.864. The lowest BCUT2D eigenvalue weighted by Gasteiger charge is -2.38. The third-order valence-electron chi connectivity index (χ3n) is 4.72. The second-order valence-corrected chi connectivity index (χ2v) is 6.17. The highest BCUT2D eigenvalue weighted by molar-refractivity contribution is 5.75. The van der Waals surface area contributed by atoms with Gasteiger partial charge in [0.05, 0.1) is 0 Å². The van der Waals surface area contributed by atoms with Gasteiger partial charge in [-0.3, -0.25) is 4.79 Å². The largest absolute Gasteiger partial charge is 0.481 e. The first-order chi connectivity index (χ1) is 9.60. The molecule has 5 nitrogen and oxygen atoms in total. The zero-order chi connectivity index (χ0) is 14.5. The molecule has 1 atom stereocenters. The van der Waals surface area contributed by atoms with E-state index in [-0.39, 0.29) is 18.4 Å². The molecule has 2 fully saturated rings. The molecule has 1 unspecified atom stereocenters. The van der Waals surface area contributed by atoms with Crippen LogP contribution in [0.5, 0.6) is 0 Å².